The summed E-state index contributed by atoms with van der Waals surface area (Å²) in [5, 5.41) is 4.36. The summed E-state index contributed by atoms with van der Waals surface area (Å²) >= 11 is 0. The van der Waals surface area contributed by atoms with Gasteiger partial charge in [-0.15, -0.1) is 0 Å². The first-order chi connectivity index (χ1) is 13.2. The maximum Gasteiger partial charge on any atom is 0.246 e. The fourth-order valence-electron chi connectivity index (χ4n) is 3.54. The molecule has 0 saturated carbocycles. The summed E-state index contributed by atoms with van der Waals surface area (Å²) in [6.07, 6.45) is 0.964. The second-order valence-corrected chi connectivity index (χ2v) is 8.89. The molecular weight excluding hydrogens is 383 g/mol. The molecular formula is C19H25FN4O3S. The predicted molar refractivity (Wildman–Crippen MR) is 103 cm³/mol. The highest BCUT2D eigenvalue weighted by Gasteiger charge is 2.31. The summed E-state index contributed by atoms with van der Waals surface area (Å²) in [6.45, 7) is 4.83. The molecule has 152 valence electrons. The number of aryl methyl sites for hydroxylation is 2. The van der Waals surface area contributed by atoms with Crippen molar-refractivity contribution >= 4 is 15.9 Å². The number of sulfonamides is 1. The van der Waals surface area contributed by atoms with Crippen molar-refractivity contribution < 1.29 is 17.6 Å². The molecule has 0 atom stereocenters. The van der Waals surface area contributed by atoms with E-state index in [-0.39, 0.29) is 23.9 Å². The van der Waals surface area contributed by atoms with Crippen LogP contribution in [0.15, 0.2) is 29.2 Å². The Morgan fingerprint density at radius 1 is 1.14 bits per heavy atom. The molecule has 1 aliphatic heterocycles. The molecule has 0 bridgehead atoms. The average Bonchev–Trinajstić information content (AvgIpc) is 2.91. The molecule has 2 heterocycles. The molecule has 0 aliphatic carbocycles. The Labute approximate surface area is 164 Å². The van der Waals surface area contributed by atoms with Crippen molar-refractivity contribution in [1.29, 1.82) is 0 Å². The predicted octanol–water partition coefficient (Wildman–Crippen LogP) is 1.64. The normalized spacial score (nSPS) is 15.8. The highest BCUT2D eigenvalue weighted by molar-refractivity contribution is 7.89. The van der Waals surface area contributed by atoms with Crippen molar-refractivity contribution in [1.82, 2.24) is 19.0 Å². The largest absolute Gasteiger partial charge is 0.340 e. The zero-order chi connectivity index (χ0) is 20.5. The molecule has 0 radical (unpaired) electrons. The molecule has 3 rings (SSSR count). The molecule has 7 nitrogen and oxygen atoms in total. The Balaban J connectivity index is 1.59. The molecule has 1 fully saturated rings. The number of halogens is 1. The van der Waals surface area contributed by atoms with Gasteiger partial charge in [0.2, 0.25) is 15.9 Å². The van der Waals surface area contributed by atoms with E-state index in [1.54, 1.807) is 4.90 Å². The van der Waals surface area contributed by atoms with E-state index in [1.165, 1.54) is 22.5 Å². The molecule has 1 aromatic heterocycles. The van der Waals surface area contributed by atoms with E-state index in [2.05, 4.69) is 5.10 Å². The molecule has 0 N–H and O–H groups in total. The van der Waals surface area contributed by atoms with E-state index in [4.69, 9.17) is 0 Å². The molecule has 1 aromatic carbocycles. The third kappa shape index (κ3) is 3.95. The number of carbonyl (C=O) groups excluding carboxylic acids is 1. The zero-order valence-corrected chi connectivity index (χ0v) is 17.2. The fraction of sp³-hybridized carbons (Fsp3) is 0.474. The van der Waals surface area contributed by atoms with Gasteiger partial charge >= 0.3 is 0 Å². The van der Waals surface area contributed by atoms with Crippen molar-refractivity contribution in [3.8, 4) is 0 Å². The number of carbonyl (C=O) groups is 1. The second kappa shape index (κ2) is 8.00. The van der Waals surface area contributed by atoms with Gasteiger partial charge in [0.25, 0.3) is 0 Å². The van der Waals surface area contributed by atoms with Crippen LogP contribution in [0.5, 0.6) is 0 Å². The van der Waals surface area contributed by atoms with E-state index < -0.39 is 15.8 Å². The van der Waals surface area contributed by atoms with Crippen LogP contribution in [-0.4, -0.2) is 59.5 Å². The van der Waals surface area contributed by atoms with Gasteiger partial charge in [-0.25, -0.2) is 12.8 Å². The quantitative estimate of drug-likeness (QED) is 0.754. The fourth-order valence-corrected chi connectivity index (χ4v) is 5.03. The van der Waals surface area contributed by atoms with Crippen LogP contribution < -0.4 is 0 Å². The van der Waals surface area contributed by atoms with Gasteiger partial charge in [-0.1, -0.05) is 12.1 Å². The summed E-state index contributed by atoms with van der Waals surface area (Å²) < 4.78 is 42.2. The van der Waals surface area contributed by atoms with E-state index in [0.717, 1.165) is 23.0 Å². The van der Waals surface area contributed by atoms with Gasteiger partial charge in [0.15, 0.2) is 0 Å². The summed E-state index contributed by atoms with van der Waals surface area (Å²) in [5.74, 6) is -0.770. The van der Waals surface area contributed by atoms with Gasteiger partial charge in [-0.3, -0.25) is 9.48 Å². The van der Waals surface area contributed by atoms with Crippen LogP contribution in [0.2, 0.25) is 0 Å². The Bertz CT molecular complexity index is 979. The third-order valence-corrected chi connectivity index (χ3v) is 7.23. The zero-order valence-electron chi connectivity index (χ0n) is 16.4. The number of aromatic nitrogens is 2. The Morgan fingerprint density at radius 2 is 1.79 bits per heavy atom. The van der Waals surface area contributed by atoms with Gasteiger partial charge in [-0.05, 0) is 38.0 Å². The maximum atomic E-state index is 13.9. The van der Waals surface area contributed by atoms with Gasteiger partial charge in [-0.2, -0.15) is 9.40 Å². The first-order valence-corrected chi connectivity index (χ1v) is 10.7. The highest BCUT2D eigenvalue weighted by Crippen LogP contribution is 2.21. The Morgan fingerprint density at radius 3 is 2.36 bits per heavy atom. The van der Waals surface area contributed by atoms with Crippen molar-refractivity contribution in [3.05, 3.63) is 47.0 Å². The minimum atomic E-state index is -3.90. The van der Waals surface area contributed by atoms with Crippen molar-refractivity contribution in [2.24, 2.45) is 7.05 Å². The first kappa shape index (κ1) is 20.5. The number of hydrogen-bond acceptors (Lipinski definition) is 4. The van der Waals surface area contributed by atoms with E-state index in [1.807, 2.05) is 25.6 Å². The van der Waals surface area contributed by atoms with Crippen LogP contribution in [0.3, 0.4) is 0 Å². The van der Waals surface area contributed by atoms with Crippen molar-refractivity contribution in [2.45, 2.75) is 31.6 Å². The number of piperazine rings is 1. The van der Waals surface area contributed by atoms with Crippen LogP contribution in [0.1, 0.15) is 23.4 Å². The van der Waals surface area contributed by atoms with Gasteiger partial charge < -0.3 is 4.90 Å². The Kier molecular flexibility index (Phi) is 5.85. The molecule has 28 heavy (non-hydrogen) atoms. The van der Waals surface area contributed by atoms with Crippen LogP contribution >= 0.6 is 0 Å². The summed E-state index contributed by atoms with van der Waals surface area (Å²) in [5.41, 5.74) is 3.05. The van der Waals surface area contributed by atoms with Gasteiger partial charge in [0, 0.05) is 45.3 Å². The smallest absolute Gasteiger partial charge is 0.246 e. The first-order valence-electron chi connectivity index (χ1n) is 9.23. The molecule has 2 aromatic rings. The highest BCUT2D eigenvalue weighted by atomic mass is 32.2. The van der Waals surface area contributed by atoms with Gasteiger partial charge in [0.1, 0.15) is 10.7 Å². The lowest BCUT2D eigenvalue weighted by molar-refractivity contribution is -0.132. The number of benzene rings is 1. The van der Waals surface area contributed by atoms with Crippen molar-refractivity contribution in [2.75, 3.05) is 26.2 Å². The van der Waals surface area contributed by atoms with Crippen LogP contribution in [0.4, 0.5) is 4.39 Å². The molecule has 0 unspecified atom stereocenters. The lowest BCUT2D eigenvalue weighted by Crippen LogP contribution is -2.50. The van der Waals surface area contributed by atoms with Crippen LogP contribution in [0, 0.1) is 19.7 Å². The number of nitrogens with zero attached hydrogens (tertiary/aromatic N) is 4. The minimum Gasteiger partial charge on any atom is -0.340 e. The summed E-state index contributed by atoms with van der Waals surface area (Å²) in [4.78, 5) is 13.9. The second-order valence-electron chi connectivity index (χ2n) is 6.99. The summed E-state index contributed by atoms with van der Waals surface area (Å²) in [7, 11) is -2.02. The SMILES string of the molecule is Cc1nn(C)c(C)c1CCC(=O)N1CCN(S(=O)(=O)c2ccccc2F)CC1. The average molecular weight is 408 g/mol. The van der Waals surface area contributed by atoms with Crippen LogP contribution in [0.25, 0.3) is 0 Å². The lowest BCUT2D eigenvalue weighted by atomic mass is 10.1. The number of amides is 1. The topological polar surface area (TPSA) is 75.5 Å². The Hall–Kier alpha value is -2.26. The molecule has 9 heteroatoms. The number of hydrogen-bond donors (Lipinski definition) is 0. The standard InChI is InChI=1S/C19H25FN4O3S/c1-14-16(15(2)22(3)21-14)8-9-19(25)23-10-12-24(13-11-23)28(26,27)18-7-5-4-6-17(18)20/h4-7H,8-13H2,1-3H3. The summed E-state index contributed by atoms with van der Waals surface area (Å²) in [6, 6.07) is 5.35. The molecule has 1 amide bonds. The molecule has 1 aliphatic rings. The van der Waals surface area contributed by atoms with E-state index in [0.29, 0.717) is 25.9 Å². The van der Waals surface area contributed by atoms with Crippen LogP contribution in [-0.2, 0) is 28.3 Å². The van der Waals surface area contributed by atoms with Gasteiger partial charge in [0.05, 0.1) is 5.69 Å². The van der Waals surface area contributed by atoms with E-state index >= 15 is 0 Å². The lowest BCUT2D eigenvalue weighted by Gasteiger charge is -2.34. The molecule has 1 saturated heterocycles. The number of rotatable bonds is 5. The monoisotopic (exact) mass is 408 g/mol. The third-order valence-electron chi connectivity index (χ3n) is 5.29. The molecule has 0 spiro atoms. The van der Waals surface area contributed by atoms with E-state index in [9.17, 15) is 17.6 Å². The maximum absolute atomic E-state index is 13.9. The minimum absolute atomic E-state index is 0.00871. The van der Waals surface area contributed by atoms with Crippen molar-refractivity contribution in [3.63, 3.8) is 0 Å².